The predicted octanol–water partition coefficient (Wildman–Crippen LogP) is 2.42. The highest BCUT2D eigenvalue weighted by Gasteiger charge is 2.10. The fourth-order valence-electron chi connectivity index (χ4n) is 1.21. The average molecular weight is 191 g/mol. The third kappa shape index (κ3) is 2.17. The van der Waals surface area contributed by atoms with Crippen molar-refractivity contribution in [1.82, 2.24) is 0 Å². The van der Waals surface area contributed by atoms with Crippen LogP contribution in [0.2, 0.25) is 0 Å². The molecule has 1 N–H and O–H groups in total. The Morgan fingerprint density at radius 2 is 2.29 bits per heavy atom. The first-order chi connectivity index (χ1) is 6.69. The van der Waals surface area contributed by atoms with Gasteiger partial charge in [0.1, 0.15) is 11.5 Å². The number of nitriles is 1. The number of benzene rings is 1. The molecule has 0 amide bonds. The molecule has 1 unspecified atom stereocenters. The summed E-state index contributed by atoms with van der Waals surface area (Å²) in [6, 6.07) is 7.01. The summed E-state index contributed by atoms with van der Waals surface area (Å²) in [5.41, 5.74) is 0.610. The minimum atomic E-state index is -0.324. The van der Waals surface area contributed by atoms with Crippen LogP contribution in [-0.4, -0.2) is 11.7 Å². The van der Waals surface area contributed by atoms with E-state index in [1.54, 1.807) is 25.1 Å². The van der Waals surface area contributed by atoms with Crippen molar-refractivity contribution in [2.75, 3.05) is 6.61 Å². The predicted molar refractivity (Wildman–Crippen MR) is 53.3 cm³/mol. The number of ether oxygens (including phenoxy) is 1. The van der Waals surface area contributed by atoms with Crippen LogP contribution in [0.15, 0.2) is 18.2 Å². The molecule has 1 aromatic rings. The van der Waals surface area contributed by atoms with Gasteiger partial charge in [-0.05, 0) is 32.0 Å². The molecular weight excluding hydrogens is 178 g/mol. The van der Waals surface area contributed by atoms with Crippen LogP contribution in [0.3, 0.4) is 0 Å². The highest BCUT2D eigenvalue weighted by atomic mass is 16.5. The van der Waals surface area contributed by atoms with Gasteiger partial charge in [0.2, 0.25) is 0 Å². The maximum Gasteiger partial charge on any atom is 0.120 e. The number of hydrogen-bond acceptors (Lipinski definition) is 3. The zero-order valence-electron chi connectivity index (χ0n) is 8.32. The van der Waals surface area contributed by atoms with Crippen LogP contribution < -0.4 is 4.74 Å². The monoisotopic (exact) mass is 191 g/mol. The summed E-state index contributed by atoms with van der Waals surface area (Å²) in [5.74, 6) is 0.500. The second-order valence-electron chi connectivity index (χ2n) is 3.00. The molecule has 1 aromatic carbocycles. The quantitative estimate of drug-likeness (QED) is 0.798. The SMILES string of the molecule is CCOc1ccc(O)c(C(C)C#N)c1. The molecule has 0 spiro atoms. The van der Waals surface area contributed by atoms with Crippen LogP contribution in [0.4, 0.5) is 0 Å². The number of phenols is 1. The van der Waals surface area contributed by atoms with E-state index in [-0.39, 0.29) is 11.7 Å². The van der Waals surface area contributed by atoms with E-state index in [4.69, 9.17) is 10.00 Å². The Balaban J connectivity index is 3.03. The molecule has 74 valence electrons. The zero-order valence-corrected chi connectivity index (χ0v) is 8.32. The smallest absolute Gasteiger partial charge is 0.120 e. The largest absolute Gasteiger partial charge is 0.508 e. The lowest BCUT2D eigenvalue weighted by Gasteiger charge is -2.09. The molecule has 1 rings (SSSR count). The molecule has 0 radical (unpaired) electrons. The Morgan fingerprint density at radius 1 is 1.57 bits per heavy atom. The van der Waals surface area contributed by atoms with Crippen LogP contribution in [0.5, 0.6) is 11.5 Å². The first kappa shape index (κ1) is 10.4. The third-order valence-electron chi connectivity index (χ3n) is 1.97. The average Bonchev–Trinajstić information content (AvgIpc) is 2.20. The number of phenolic OH excluding ortho intramolecular Hbond substituents is 1. The Hall–Kier alpha value is -1.69. The maximum absolute atomic E-state index is 9.50. The molecule has 0 saturated heterocycles. The Morgan fingerprint density at radius 3 is 2.86 bits per heavy atom. The first-order valence-electron chi connectivity index (χ1n) is 4.54. The van der Waals surface area contributed by atoms with Gasteiger partial charge in [0.15, 0.2) is 0 Å². The third-order valence-corrected chi connectivity index (χ3v) is 1.97. The van der Waals surface area contributed by atoms with Gasteiger partial charge in [-0.25, -0.2) is 0 Å². The lowest BCUT2D eigenvalue weighted by atomic mass is 10.0. The lowest BCUT2D eigenvalue weighted by molar-refractivity contribution is 0.338. The molecule has 0 aromatic heterocycles. The highest BCUT2D eigenvalue weighted by Crippen LogP contribution is 2.29. The van der Waals surface area contributed by atoms with E-state index in [1.807, 2.05) is 6.92 Å². The van der Waals surface area contributed by atoms with E-state index in [9.17, 15) is 5.11 Å². The van der Waals surface area contributed by atoms with Crippen molar-refractivity contribution in [3.63, 3.8) is 0 Å². The van der Waals surface area contributed by atoms with Gasteiger partial charge in [0, 0.05) is 5.56 Å². The summed E-state index contributed by atoms with van der Waals surface area (Å²) in [7, 11) is 0. The Bertz CT molecular complexity index is 355. The zero-order chi connectivity index (χ0) is 10.6. The summed E-state index contributed by atoms with van der Waals surface area (Å²) < 4.78 is 5.28. The summed E-state index contributed by atoms with van der Waals surface area (Å²) in [4.78, 5) is 0. The van der Waals surface area contributed by atoms with Gasteiger partial charge in [0.25, 0.3) is 0 Å². The topological polar surface area (TPSA) is 53.2 Å². The summed E-state index contributed by atoms with van der Waals surface area (Å²) in [6.45, 7) is 4.20. The summed E-state index contributed by atoms with van der Waals surface area (Å²) >= 11 is 0. The van der Waals surface area contributed by atoms with Crippen LogP contribution in [0.1, 0.15) is 25.3 Å². The molecule has 3 heteroatoms. The molecule has 0 aliphatic carbocycles. The van der Waals surface area contributed by atoms with E-state index in [1.165, 1.54) is 0 Å². The lowest BCUT2D eigenvalue weighted by Crippen LogP contribution is -1.95. The van der Waals surface area contributed by atoms with E-state index in [2.05, 4.69) is 6.07 Å². The molecule has 0 heterocycles. The molecule has 0 bridgehead atoms. The number of hydrogen-bond donors (Lipinski definition) is 1. The number of aromatic hydroxyl groups is 1. The van der Waals surface area contributed by atoms with Gasteiger partial charge in [-0.3, -0.25) is 0 Å². The van der Waals surface area contributed by atoms with Gasteiger partial charge in [-0.2, -0.15) is 5.26 Å². The van der Waals surface area contributed by atoms with Gasteiger partial charge in [0.05, 0.1) is 18.6 Å². The van der Waals surface area contributed by atoms with E-state index < -0.39 is 0 Å². The second-order valence-corrected chi connectivity index (χ2v) is 3.00. The summed E-state index contributed by atoms with van der Waals surface area (Å²) in [5, 5.41) is 18.2. The van der Waals surface area contributed by atoms with Crippen LogP contribution in [0.25, 0.3) is 0 Å². The van der Waals surface area contributed by atoms with Gasteiger partial charge < -0.3 is 9.84 Å². The molecule has 3 nitrogen and oxygen atoms in total. The minimum absolute atomic E-state index is 0.141. The molecular formula is C11H13NO2. The van der Waals surface area contributed by atoms with Gasteiger partial charge in [-0.1, -0.05) is 0 Å². The number of rotatable bonds is 3. The van der Waals surface area contributed by atoms with Crippen molar-refractivity contribution in [2.24, 2.45) is 0 Å². The summed E-state index contributed by atoms with van der Waals surface area (Å²) in [6.07, 6.45) is 0. The molecule has 0 aliphatic rings. The molecule has 0 fully saturated rings. The van der Waals surface area contributed by atoms with Crippen molar-refractivity contribution in [3.8, 4) is 17.6 Å². The van der Waals surface area contributed by atoms with Crippen LogP contribution in [0, 0.1) is 11.3 Å². The molecule has 0 saturated carbocycles. The highest BCUT2D eigenvalue weighted by molar-refractivity contribution is 5.43. The van der Waals surface area contributed by atoms with Crippen LogP contribution in [-0.2, 0) is 0 Å². The van der Waals surface area contributed by atoms with Crippen molar-refractivity contribution in [2.45, 2.75) is 19.8 Å². The van der Waals surface area contributed by atoms with Crippen molar-refractivity contribution in [1.29, 1.82) is 5.26 Å². The van der Waals surface area contributed by atoms with Gasteiger partial charge >= 0.3 is 0 Å². The first-order valence-corrected chi connectivity index (χ1v) is 4.54. The Labute approximate surface area is 83.6 Å². The standard InChI is InChI=1S/C11H13NO2/c1-3-14-9-4-5-11(13)10(6-9)8(2)7-12/h4-6,8,13H,3H2,1-2H3. The van der Waals surface area contributed by atoms with Crippen molar-refractivity contribution in [3.05, 3.63) is 23.8 Å². The van der Waals surface area contributed by atoms with E-state index in [0.29, 0.717) is 17.9 Å². The van der Waals surface area contributed by atoms with E-state index >= 15 is 0 Å². The van der Waals surface area contributed by atoms with Crippen molar-refractivity contribution < 1.29 is 9.84 Å². The van der Waals surface area contributed by atoms with E-state index in [0.717, 1.165) is 0 Å². The van der Waals surface area contributed by atoms with Crippen molar-refractivity contribution >= 4 is 0 Å². The maximum atomic E-state index is 9.50. The number of nitrogens with zero attached hydrogens (tertiary/aromatic N) is 1. The molecule has 14 heavy (non-hydrogen) atoms. The fraction of sp³-hybridized carbons (Fsp3) is 0.364. The van der Waals surface area contributed by atoms with Gasteiger partial charge in [-0.15, -0.1) is 0 Å². The molecule has 1 atom stereocenters. The minimum Gasteiger partial charge on any atom is -0.508 e. The molecule has 0 aliphatic heterocycles. The normalized spacial score (nSPS) is 11.8. The second kappa shape index (κ2) is 4.52. The Kier molecular flexibility index (Phi) is 3.35. The van der Waals surface area contributed by atoms with Crippen LogP contribution >= 0.6 is 0 Å². The fourth-order valence-corrected chi connectivity index (χ4v) is 1.21.